The molecule has 10 heavy (non-hydrogen) atoms. The molecule has 5 nitrogen and oxygen atoms in total. The van der Waals surface area contributed by atoms with Gasteiger partial charge < -0.3 is 4.84 Å². The molecular formula is C5H14N3O2+. The summed E-state index contributed by atoms with van der Waals surface area (Å²) in [5.74, 6) is 0. The van der Waals surface area contributed by atoms with Gasteiger partial charge in [0.15, 0.2) is 0 Å². The molecule has 0 unspecified atom stereocenters. The Kier molecular flexibility index (Phi) is 4.36. The SMILES string of the molecule is CCN/[N+](O)=N/OC(C)C. The van der Waals surface area contributed by atoms with Crippen LogP contribution in [0.25, 0.3) is 0 Å². The smallest absolute Gasteiger partial charge is 0.274 e. The predicted molar refractivity (Wildman–Crippen MR) is 34.4 cm³/mol. The van der Waals surface area contributed by atoms with Gasteiger partial charge in [0.05, 0.1) is 6.54 Å². The van der Waals surface area contributed by atoms with Crippen LogP contribution in [0.4, 0.5) is 0 Å². The molecule has 0 aromatic heterocycles. The summed E-state index contributed by atoms with van der Waals surface area (Å²) < 4.78 is 0. The van der Waals surface area contributed by atoms with Gasteiger partial charge in [-0.2, -0.15) is 0 Å². The van der Waals surface area contributed by atoms with Crippen LogP contribution < -0.4 is 5.43 Å². The molecule has 0 fully saturated rings. The zero-order valence-electron chi connectivity index (χ0n) is 6.53. The average molecular weight is 148 g/mol. The van der Waals surface area contributed by atoms with Crippen LogP contribution in [0, 0.1) is 0 Å². The van der Waals surface area contributed by atoms with E-state index in [-0.39, 0.29) is 6.10 Å². The lowest BCUT2D eigenvalue weighted by Gasteiger charge is -1.95. The third-order valence-electron chi connectivity index (χ3n) is 0.635. The van der Waals surface area contributed by atoms with Crippen LogP contribution in [-0.2, 0) is 4.84 Å². The molecule has 0 spiro atoms. The van der Waals surface area contributed by atoms with Gasteiger partial charge in [0, 0.05) is 0 Å². The zero-order chi connectivity index (χ0) is 7.98. The maximum Gasteiger partial charge on any atom is 0.274 e. The molecule has 60 valence electrons. The predicted octanol–water partition coefficient (Wildman–Crippen LogP) is 0.705. The highest BCUT2D eigenvalue weighted by molar-refractivity contribution is 4.26. The monoisotopic (exact) mass is 148 g/mol. The van der Waals surface area contributed by atoms with E-state index in [2.05, 4.69) is 10.7 Å². The standard InChI is InChI=1S/C5H14N3O2/c1-4-6-8(9)7-10-5(2)3/h5H,4H2,1-3H3,(H2,6,7,9)/q+1. The van der Waals surface area contributed by atoms with Crippen molar-refractivity contribution in [3.8, 4) is 0 Å². The summed E-state index contributed by atoms with van der Waals surface area (Å²) in [6.07, 6.45) is -0.0201. The molecule has 0 saturated heterocycles. The van der Waals surface area contributed by atoms with E-state index in [0.717, 1.165) is 0 Å². The van der Waals surface area contributed by atoms with Crippen LogP contribution in [0.3, 0.4) is 0 Å². The summed E-state index contributed by atoms with van der Waals surface area (Å²) in [4.78, 5) is 5.25. The van der Waals surface area contributed by atoms with Crippen molar-refractivity contribution < 1.29 is 15.0 Å². The number of hydrogen-bond acceptors (Lipinski definition) is 2. The lowest BCUT2D eigenvalue weighted by molar-refractivity contribution is -0.876. The number of nitrogens with zero attached hydrogens (tertiary/aromatic N) is 2. The second-order valence-corrected chi connectivity index (χ2v) is 2.04. The Bertz CT molecular complexity index is 113. The van der Waals surface area contributed by atoms with Gasteiger partial charge in [0.1, 0.15) is 6.10 Å². The van der Waals surface area contributed by atoms with Crippen LogP contribution >= 0.6 is 0 Å². The van der Waals surface area contributed by atoms with Crippen molar-refractivity contribution in [2.45, 2.75) is 26.9 Å². The van der Waals surface area contributed by atoms with Crippen molar-refractivity contribution in [1.82, 2.24) is 5.43 Å². The first kappa shape index (κ1) is 9.00. The normalized spacial score (nSPS) is 11.8. The van der Waals surface area contributed by atoms with Gasteiger partial charge in [-0.05, 0) is 20.8 Å². The molecular weight excluding hydrogens is 134 g/mol. The van der Waals surface area contributed by atoms with E-state index in [1.165, 1.54) is 0 Å². The fraction of sp³-hybridized carbons (Fsp3) is 1.00. The molecule has 0 aromatic rings. The van der Waals surface area contributed by atoms with E-state index in [1.54, 1.807) is 0 Å². The Morgan fingerprint density at radius 3 is 2.70 bits per heavy atom. The van der Waals surface area contributed by atoms with Crippen LogP contribution in [0.2, 0.25) is 0 Å². The summed E-state index contributed by atoms with van der Waals surface area (Å²) in [5.41, 5.74) is 2.50. The number of rotatable bonds is 4. The molecule has 5 heteroatoms. The molecule has 0 aliphatic carbocycles. The van der Waals surface area contributed by atoms with Gasteiger partial charge in [-0.3, -0.25) is 0 Å². The maximum absolute atomic E-state index is 8.73. The summed E-state index contributed by atoms with van der Waals surface area (Å²) in [6, 6.07) is 0. The molecule has 0 aromatic carbocycles. The van der Waals surface area contributed by atoms with Crippen LogP contribution in [-0.4, -0.2) is 22.8 Å². The van der Waals surface area contributed by atoms with E-state index in [1.807, 2.05) is 20.8 Å². The number of hydrogen-bond donors (Lipinski definition) is 2. The minimum atomic E-state index is -0.0201. The lowest BCUT2D eigenvalue weighted by Crippen LogP contribution is -2.24. The Hall–Kier alpha value is -1.00. The summed E-state index contributed by atoms with van der Waals surface area (Å²) >= 11 is 0. The molecule has 2 N–H and O–H groups in total. The molecule has 0 saturated carbocycles. The van der Waals surface area contributed by atoms with Crippen molar-refractivity contribution in [1.29, 1.82) is 0 Å². The first-order valence-corrected chi connectivity index (χ1v) is 3.26. The van der Waals surface area contributed by atoms with Gasteiger partial charge in [0.25, 0.3) is 10.2 Å². The molecule has 0 amide bonds. The van der Waals surface area contributed by atoms with Crippen molar-refractivity contribution in [3.63, 3.8) is 0 Å². The quantitative estimate of drug-likeness (QED) is 0.350. The van der Waals surface area contributed by atoms with E-state index in [9.17, 15) is 0 Å². The van der Waals surface area contributed by atoms with Gasteiger partial charge in [-0.1, -0.05) is 0 Å². The van der Waals surface area contributed by atoms with Gasteiger partial charge >= 0.3 is 0 Å². The molecule has 0 heterocycles. The summed E-state index contributed by atoms with van der Waals surface area (Å²) in [7, 11) is 0. The third-order valence-corrected chi connectivity index (χ3v) is 0.635. The van der Waals surface area contributed by atoms with Crippen LogP contribution in [0.1, 0.15) is 20.8 Å². The largest absolute Gasteiger partial charge is 0.339 e. The highest BCUT2D eigenvalue weighted by atomic mass is 16.7. The molecule has 0 aliphatic heterocycles. The van der Waals surface area contributed by atoms with Crippen LogP contribution in [0.5, 0.6) is 0 Å². The third kappa shape index (κ3) is 5.14. The van der Waals surface area contributed by atoms with Gasteiger partial charge in [0.2, 0.25) is 0 Å². The highest BCUT2D eigenvalue weighted by Crippen LogP contribution is 1.86. The minimum absolute atomic E-state index is 0.0201. The second-order valence-electron chi connectivity index (χ2n) is 2.04. The van der Waals surface area contributed by atoms with Gasteiger partial charge in [-0.15, -0.1) is 5.43 Å². The van der Waals surface area contributed by atoms with Crippen molar-refractivity contribution >= 4 is 0 Å². The molecule has 0 bridgehead atoms. The molecule has 0 rings (SSSR count). The minimum Gasteiger partial charge on any atom is -0.339 e. The van der Waals surface area contributed by atoms with Crippen molar-refractivity contribution in [2.75, 3.05) is 6.54 Å². The van der Waals surface area contributed by atoms with Crippen molar-refractivity contribution in [3.05, 3.63) is 0 Å². The van der Waals surface area contributed by atoms with E-state index < -0.39 is 0 Å². The Morgan fingerprint density at radius 2 is 2.30 bits per heavy atom. The molecule has 0 aliphatic rings. The topological polar surface area (TPSA) is 56.9 Å². The summed E-state index contributed by atoms with van der Waals surface area (Å²) in [6.45, 7) is 6.09. The van der Waals surface area contributed by atoms with Gasteiger partial charge in [-0.25, -0.2) is 5.21 Å². The van der Waals surface area contributed by atoms with Crippen molar-refractivity contribution in [2.24, 2.45) is 5.28 Å². The van der Waals surface area contributed by atoms with Crippen LogP contribution in [0.15, 0.2) is 5.28 Å². The molecule has 0 radical (unpaired) electrons. The highest BCUT2D eigenvalue weighted by Gasteiger charge is 2.00. The Morgan fingerprint density at radius 1 is 1.70 bits per heavy atom. The first-order chi connectivity index (χ1) is 4.66. The zero-order valence-corrected chi connectivity index (χ0v) is 6.53. The summed E-state index contributed by atoms with van der Waals surface area (Å²) in [5, 5.41) is 12.0. The van der Waals surface area contributed by atoms with E-state index in [0.29, 0.717) is 11.5 Å². The Labute approximate surface area is 60.2 Å². The fourth-order valence-electron chi connectivity index (χ4n) is 0.309. The fourth-order valence-corrected chi connectivity index (χ4v) is 0.309. The first-order valence-electron chi connectivity index (χ1n) is 3.26. The van der Waals surface area contributed by atoms with E-state index >= 15 is 0 Å². The average Bonchev–Trinajstić information content (AvgIpc) is 1.85. The number of nitrogens with one attached hydrogen (secondary N) is 1. The molecule has 0 atom stereocenters. The maximum atomic E-state index is 8.73. The second kappa shape index (κ2) is 4.84. The number of hydrazine groups is 1. The lowest BCUT2D eigenvalue weighted by atomic mass is 10.5. The van der Waals surface area contributed by atoms with E-state index in [4.69, 9.17) is 10.0 Å². The Balaban J connectivity index is 3.47.